The van der Waals surface area contributed by atoms with Crippen LogP contribution < -0.4 is 9.84 Å². The van der Waals surface area contributed by atoms with Gasteiger partial charge in [-0.15, -0.1) is 0 Å². The van der Waals surface area contributed by atoms with Crippen molar-refractivity contribution in [1.29, 1.82) is 0 Å². The predicted octanol–water partition coefficient (Wildman–Crippen LogP) is 1.71. The van der Waals surface area contributed by atoms with Crippen molar-refractivity contribution >= 4 is 23.2 Å². The summed E-state index contributed by atoms with van der Waals surface area (Å²) in [4.78, 5) is 0. The first-order valence-corrected chi connectivity index (χ1v) is 4.76. The molecule has 0 aliphatic rings. The van der Waals surface area contributed by atoms with Gasteiger partial charge in [-0.3, -0.25) is 10.3 Å². The summed E-state index contributed by atoms with van der Waals surface area (Å²) < 4.78 is 5.34. The Kier molecular flexibility index (Phi) is 3.03. The van der Waals surface area contributed by atoms with E-state index >= 15 is 0 Å². The summed E-state index contributed by atoms with van der Waals surface area (Å²) in [6.07, 6.45) is 0. The fraction of sp³-hybridized carbons (Fsp3) is 0.125. The molecule has 7 heteroatoms. The lowest BCUT2D eigenvalue weighted by molar-refractivity contribution is 0.295. The van der Waals surface area contributed by atoms with E-state index in [1.807, 2.05) is 0 Å². The average molecular weight is 244 g/mol. The van der Waals surface area contributed by atoms with E-state index in [4.69, 9.17) is 27.9 Å². The summed E-state index contributed by atoms with van der Waals surface area (Å²) >= 11 is 11.6. The van der Waals surface area contributed by atoms with Crippen molar-refractivity contribution in [1.82, 2.24) is 20.6 Å². The predicted molar refractivity (Wildman–Crippen MR) is 53.9 cm³/mol. The van der Waals surface area contributed by atoms with Crippen molar-refractivity contribution in [3.8, 4) is 5.75 Å². The zero-order valence-corrected chi connectivity index (χ0v) is 8.90. The van der Waals surface area contributed by atoms with Gasteiger partial charge in [-0.2, -0.15) is 5.21 Å². The minimum Gasteiger partial charge on any atom is -0.488 e. The van der Waals surface area contributed by atoms with E-state index in [2.05, 4.69) is 20.6 Å². The number of nitrogens with zero attached hydrogens (tertiary/aromatic N) is 4. The van der Waals surface area contributed by atoms with Crippen LogP contribution in [0.5, 0.6) is 5.75 Å². The highest BCUT2D eigenvalue weighted by Crippen LogP contribution is 2.24. The van der Waals surface area contributed by atoms with Crippen molar-refractivity contribution < 1.29 is 4.74 Å². The second-order valence-corrected chi connectivity index (χ2v) is 3.56. The maximum Gasteiger partial charge on any atom is 0.122 e. The Morgan fingerprint density at radius 1 is 1.20 bits per heavy atom. The van der Waals surface area contributed by atoms with Crippen molar-refractivity contribution in [3.63, 3.8) is 0 Å². The first-order chi connectivity index (χ1) is 7.24. The molecule has 1 aromatic carbocycles. The summed E-state index contributed by atoms with van der Waals surface area (Å²) in [5.74, 6) is 0.961. The van der Waals surface area contributed by atoms with E-state index in [1.54, 1.807) is 18.2 Å². The van der Waals surface area contributed by atoms with Gasteiger partial charge in [-0.1, -0.05) is 23.2 Å². The van der Waals surface area contributed by atoms with Gasteiger partial charge >= 0.3 is 0 Å². The summed E-state index contributed by atoms with van der Waals surface area (Å²) in [5, 5.41) is 14.9. The van der Waals surface area contributed by atoms with Crippen LogP contribution in [0, 0.1) is 0 Å². The smallest absolute Gasteiger partial charge is 0.122 e. The topological polar surface area (TPSA) is 62.0 Å². The number of hydrogen-bond donors (Lipinski definition) is 0. The van der Waals surface area contributed by atoms with Gasteiger partial charge in [-0.25, -0.2) is 0 Å². The molecule has 1 heterocycles. The van der Waals surface area contributed by atoms with E-state index < -0.39 is 0 Å². The van der Waals surface area contributed by atoms with Crippen LogP contribution >= 0.6 is 23.2 Å². The lowest BCUT2D eigenvalue weighted by Crippen LogP contribution is -1.98. The van der Waals surface area contributed by atoms with Gasteiger partial charge in [0.1, 0.15) is 12.4 Å². The van der Waals surface area contributed by atoms with Gasteiger partial charge in [0.25, 0.3) is 0 Å². The Bertz CT molecular complexity index is 426. The van der Waals surface area contributed by atoms with E-state index in [9.17, 15) is 0 Å². The molecule has 0 unspecified atom stereocenters. The number of rotatable bonds is 3. The molecule has 0 aliphatic carbocycles. The molecule has 15 heavy (non-hydrogen) atoms. The molecule has 0 spiro atoms. The fourth-order valence-corrected chi connectivity index (χ4v) is 1.49. The molecule has 5 nitrogen and oxygen atoms in total. The van der Waals surface area contributed by atoms with Crippen LogP contribution in [-0.4, -0.2) is 15.5 Å². The number of benzene rings is 1. The van der Waals surface area contributed by atoms with E-state index in [1.165, 1.54) is 0 Å². The quantitative estimate of drug-likeness (QED) is 0.822. The van der Waals surface area contributed by atoms with Gasteiger partial charge in [0, 0.05) is 15.9 Å². The van der Waals surface area contributed by atoms with Crippen LogP contribution in [0.4, 0.5) is 0 Å². The number of hydrogen-bond acceptors (Lipinski definition) is 4. The minimum absolute atomic E-state index is 0.184. The van der Waals surface area contributed by atoms with Gasteiger partial charge in [0.15, 0.2) is 0 Å². The number of aromatic nitrogens is 4. The SMILES string of the molecule is Clc1cc(Cl)cc(OCc2nnn[n-]2)c1. The number of ether oxygens (including phenoxy) is 1. The monoisotopic (exact) mass is 243 g/mol. The summed E-state index contributed by atoms with van der Waals surface area (Å²) in [6, 6.07) is 4.92. The first kappa shape index (κ1) is 10.2. The van der Waals surface area contributed by atoms with Crippen molar-refractivity contribution in [2.24, 2.45) is 0 Å². The Morgan fingerprint density at radius 3 is 2.53 bits per heavy atom. The average Bonchev–Trinajstić information content (AvgIpc) is 2.65. The summed E-state index contributed by atoms with van der Waals surface area (Å²) in [5.41, 5.74) is 0. The largest absolute Gasteiger partial charge is 0.488 e. The summed E-state index contributed by atoms with van der Waals surface area (Å²) in [7, 11) is 0. The van der Waals surface area contributed by atoms with Crippen LogP contribution in [0.1, 0.15) is 5.82 Å². The van der Waals surface area contributed by atoms with Crippen molar-refractivity contribution in [2.75, 3.05) is 0 Å². The summed E-state index contributed by atoms with van der Waals surface area (Å²) in [6.45, 7) is 0.184. The molecular formula is C8H5Cl2N4O-. The van der Waals surface area contributed by atoms with Crippen LogP contribution in [-0.2, 0) is 6.61 Å². The highest BCUT2D eigenvalue weighted by Gasteiger charge is 1.99. The highest BCUT2D eigenvalue weighted by atomic mass is 35.5. The van der Waals surface area contributed by atoms with E-state index in [0.29, 0.717) is 21.6 Å². The molecule has 0 fully saturated rings. The molecule has 2 aromatic rings. The molecule has 1 aromatic heterocycles. The van der Waals surface area contributed by atoms with Crippen LogP contribution in [0.2, 0.25) is 10.0 Å². The highest BCUT2D eigenvalue weighted by molar-refractivity contribution is 6.34. The Balaban J connectivity index is 2.05. The molecule has 2 rings (SSSR count). The minimum atomic E-state index is 0.184. The van der Waals surface area contributed by atoms with Crippen LogP contribution in [0.3, 0.4) is 0 Å². The molecule has 0 saturated heterocycles. The molecule has 0 bridgehead atoms. The van der Waals surface area contributed by atoms with Crippen molar-refractivity contribution in [2.45, 2.75) is 6.61 Å². The molecule has 0 radical (unpaired) electrons. The second kappa shape index (κ2) is 4.46. The van der Waals surface area contributed by atoms with Gasteiger partial charge in [0.05, 0.1) is 0 Å². The Morgan fingerprint density at radius 2 is 1.93 bits per heavy atom. The third-order valence-electron chi connectivity index (χ3n) is 1.56. The Hall–Kier alpha value is -1.33. The normalized spacial score (nSPS) is 10.3. The lowest BCUT2D eigenvalue weighted by atomic mass is 10.3. The first-order valence-electron chi connectivity index (χ1n) is 4.00. The maximum atomic E-state index is 5.79. The molecule has 0 amide bonds. The van der Waals surface area contributed by atoms with Crippen LogP contribution in [0.25, 0.3) is 0 Å². The van der Waals surface area contributed by atoms with Crippen LogP contribution in [0.15, 0.2) is 18.2 Å². The van der Waals surface area contributed by atoms with Crippen molar-refractivity contribution in [3.05, 3.63) is 34.1 Å². The molecule has 0 saturated carbocycles. The van der Waals surface area contributed by atoms with Gasteiger partial charge in [-0.05, 0) is 18.2 Å². The zero-order valence-electron chi connectivity index (χ0n) is 7.39. The third kappa shape index (κ3) is 2.81. The molecule has 0 atom stereocenters. The molecular weight excluding hydrogens is 239 g/mol. The number of halogens is 2. The standard InChI is InChI=1S/C8H5Cl2N4O/c9-5-1-6(10)3-7(2-5)15-4-8-11-13-14-12-8/h1-3H,4H2/q-1. The lowest BCUT2D eigenvalue weighted by Gasteiger charge is -2.06. The molecule has 0 N–H and O–H groups in total. The Labute approximate surface area is 95.3 Å². The third-order valence-corrected chi connectivity index (χ3v) is 2.00. The van der Waals surface area contributed by atoms with Gasteiger partial charge in [0.2, 0.25) is 0 Å². The van der Waals surface area contributed by atoms with E-state index in [-0.39, 0.29) is 6.61 Å². The van der Waals surface area contributed by atoms with E-state index in [0.717, 1.165) is 0 Å². The zero-order chi connectivity index (χ0) is 10.7. The second-order valence-electron chi connectivity index (χ2n) is 2.69. The molecule has 0 aliphatic heterocycles. The maximum absolute atomic E-state index is 5.79. The fourth-order valence-electron chi connectivity index (χ4n) is 0.981. The molecule has 78 valence electrons. The van der Waals surface area contributed by atoms with Gasteiger partial charge < -0.3 is 9.84 Å². The number of tetrazole rings is 1.